The van der Waals surface area contributed by atoms with Crippen molar-refractivity contribution in [3.8, 4) is 0 Å². The molecule has 0 aliphatic carbocycles. The molecule has 7 heteroatoms. The smallest absolute Gasteiger partial charge is 0.266 e. The van der Waals surface area contributed by atoms with Crippen LogP contribution in [0.3, 0.4) is 0 Å². The molecule has 1 N–H and O–H groups in total. The molecule has 1 aliphatic rings. The highest BCUT2D eigenvalue weighted by Gasteiger charge is 2.36. The average Bonchev–Trinajstić information content (AvgIpc) is 3.26. The second kappa shape index (κ2) is 6.40. The molecule has 0 saturated carbocycles. The minimum atomic E-state index is -0.400. The molecule has 3 amide bonds. The molecule has 4 rings (SSSR count). The molecule has 5 nitrogen and oxygen atoms in total. The van der Waals surface area contributed by atoms with E-state index in [1.54, 1.807) is 53.9 Å². The van der Waals surface area contributed by atoms with E-state index >= 15 is 0 Å². The molecule has 2 aromatic carbocycles. The summed E-state index contributed by atoms with van der Waals surface area (Å²) in [7, 11) is 0. The van der Waals surface area contributed by atoms with Gasteiger partial charge in [-0.1, -0.05) is 29.8 Å². The Bertz CT molecular complexity index is 1010. The highest BCUT2D eigenvalue weighted by atomic mass is 35.5. The number of benzene rings is 2. The van der Waals surface area contributed by atoms with Crippen LogP contribution in [0.1, 0.15) is 30.4 Å². The maximum absolute atomic E-state index is 12.6. The Hall–Kier alpha value is -2.96. The Labute approximate surface area is 157 Å². The van der Waals surface area contributed by atoms with E-state index in [1.165, 1.54) is 17.4 Å². The number of nitrogens with zero attached hydrogens (tertiary/aromatic N) is 1. The first-order valence-corrected chi connectivity index (χ1v) is 8.94. The van der Waals surface area contributed by atoms with Crippen LogP contribution in [0.15, 0.2) is 60.0 Å². The number of thiophene rings is 1. The largest absolute Gasteiger partial charge is 0.320 e. The Morgan fingerprint density at radius 1 is 0.962 bits per heavy atom. The summed E-state index contributed by atoms with van der Waals surface area (Å²) in [5.41, 5.74) is 1.40. The molecule has 0 unspecified atom stereocenters. The zero-order chi connectivity index (χ0) is 18.3. The summed E-state index contributed by atoms with van der Waals surface area (Å²) in [5.74, 6) is -1.10. The van der Waals surface area contributed by atoms with Gasteiger partial charge in [-0.05, 0) is 41.8 Å². The molecule has 2 heterocycles. The zero-order valence-electron chi connectivity index (χ0n) is 13.2. The fraction of sp³-hybridized carbons (Fsp3) is 0. The van der Waals surface area contributed by atoms with E-state index < -0.39 is 11.8 Å². The summed E-state index contributed by atoms with van der Waals surface area (Å²) in [4.78, 5) is 39.1. The second-order valence-corrected chi connectivity index (χ2v) is 6.94. The highest BCUT2D eigenvalue weighted by molar-refractivity contribution is 7.12. The van der Waals surface area contributed by atoms with Gasteiger partial charge in [0.1, 0.15) is 0 Å². The molecule has 0 fully saturated rings. The summed E-state index contributed by atoms with van der Waals surface area (Å²) in [6, 6.07) is 14.8. The first-order valence-electron chi connectivity index (χ1n) is 7.68. The molecular formula is C19H11ClN2O3S. The van der Waals surface area contributed by atoms with Crippen molar-refractivity contribution < 1.29 is 14.4 Å². The van der Waals surface area contributed by atoms with Crippen molar-refractivity contribution in [1.29, 1.82) is 0 Å². The van der Waals surface area contributed by atoms with Crippen LogP contribution in [0, 0.1) is 0 Å². The summed E-state index contributed by atoms with van der Waals surface area (Å²) in [5, 5.41) is 4.83. The molecule has 0 bridgehead atoms. The van der Waals surface area contributed by atoms with Crippen LogP contribution in [0.4, 0.5) is 11.4 Å². The van der Waals surface area contributed by atoms with Crippen LogP contribution in [-0.2, 0) is 0 Å². The lowest BCUT2D eigenvalue weighted by Crippen LogP contribution is -2.29. The van der Waals surface area contributed by atoms with Crippen molar-refractivity contribution >= 4 is 52.0 Å². The van der Waals surface area contributed by atoms with Crippen molar-refractivity contribution in [2.45, 2.75) is 0 Å². The van der Waals surface area contributed by atoms with Gasteiger partial charge in [0.25, 0.3) is 17.7 Å². The lowest BCUT2D eigenvalue weighted by atomic mass is 10.1. The van der Waals surface area contributed by atoms with Crippen LogP contribution in [-0.4, -0.2) is 17.7 Å². The fourth-order valence-corrected chi connectivity index (χ4v) is 3.55. The van der Waals surface area contributed by atoms with Crippen LogP contribution in [0.2, 0.25) is 5.02 Å². The van der Waals surface area contributed by atoms with Gasteiger partial charge in [0.05, 0.1) is 32.4 Å². The van der Waals surface area contributed by atoms with E-state index in [0.717, 1.165) is 4.90 Å². The van der Waals surface area contributed by atoms with E-state index in [9.17, 15) is 14.4 Å². The van der Waals surface area contributed by atoms with E-state index in [0.29, 0.717) is 32.4 Å². The molecule has 1 aliphatic heterocycles. The number of amides is 3. The maximum Gasteiger partial charge on any atom is 0.266 e. The van der Waals surface area contributed by atoms with Crippen molar-refractivity contribution in [2.75, 3.05) is 10.2 Å². The first kappa shape index (κ1) is 16.5. The number of imide groups is 1. The topological polar surface area (TPSA) is 66.5 Å². The third-order valence-electron chi connectivity index (χ3n) is 4.00. The number of rotatable bonds is 3. The van der Waals surface area contributed by atoms with Gasteiger partial charge in [0.15, 0.2) is 0 Å². The SMILES string of the molecule is O=C(Nc1cc(N2C(=O)c3ccccc3C2=O)ccc1Cl)c1cccs1. The Morgan fingerprint density at radius 2 is 1.65 bits per heavy atom. The van der Waals surface area contributed by atoms with Gasteiger partial charge in [-0.25, -0.2) is 4.90 Å². The Kier molecular flexibility index (Phi) is 4.06. The van der Waals surface area contributed by atoms with Crippen molar-refractivity contribution in [3.63, 3.8) is 0 Å². The molecule has 0 spiro atoms. The van der Waals surface area contributed by atoms with E-state index in [-0.39, 0.29) is 5.91 Å². The van der Waals surface area contributed by atoms with Crippen molar-refractivity contribution in [2.24, 2.45) is 0 Å². The van der Waals surface area contributed by atoms with E-state index in [4.69, 9.17) is 11.6 Å². The van der Waals surface area contributed by atoms with Gasteiger partial charge >= 0.3 is 0 Å². The lowest BCUT2D eigenvalue weighted by molar-refractivity contribution is 0.0925. The lowest BCUT2D eigenvalue weighted by Gasteiger charge is -2.16. The monoisotopic (exact) mass is 382 g/mol. The van der Waals surface area contributed by atoms with Gasteiger partial charge in [-0.15, -0.1) is 11.3 Å². The predicted molar refractivity (Wildman–Crippen MR) is 101 cm³/mol. The third-order valence-corrected chi connectivity index (χ3v) is 5.19. The third kappa shape index (κ3) is 2.69. The Balaban J connectivity index is 1.68. The normalized spacial score (nSPS) is 13.0. The minimum Gasteiger partial charge on any atom is -0.320 e. The summed E-state index contributed by atoms with van der Waals surface area (Å²) in [6.45, 7) is 0. The van der Waals surface area contributed by atoms with Gasteiger partial charge < -0.3 is 5.32 Å². The number of carbonyl (C=O) groups excluding carboxylic acids is 3. The van der Waals surface area contributed by atoms with Gasteiger partial charge in [0.2, 0.25) is 0 Å². The van der Waals surface area contributed by atoms with E-state index in [2.05, 4.69) is 5.32 Å². The van der Waals surface area contributed by atoms with Crippen molar-refractivity contribution in [1.82, 2.24) is 0 Å². The van der Waals surface area contributed by atoms with Crippen LogP contribution >= 0.6 is 22.9 Å². The molecule has 128 valence electrons. The first-order chi connectivity index (χ1) is 12.6. The summed E-state index contributed by atoms with van der Waals surface area (Å²) < 4.78 is 0. The average molecular weight is 383 g/mol. The quantitative estimate of drug-likeness (QED) is 0.680. The molecule has 1 aromatic heterocycles. The highest BCUT2D eigenvalue weighted by Crippen LogP contribution is 2.33. The summed E-state index contributed by atoms with van der Waals surface area (Å²) in [6.07, 6.45) is 0. The second-order valence-electron chi connectivity index (χ2n) is 5.59. The molecule has 3 aromatic rings. The van der Waals surface area contributed by atoms with Crippen LogP contribution < -0.4 is 10.2 Å². The van der Waals surface area contributed by atoms with E-state index in [1.807, 2.05) is 0 Å². The van der Waals surface area contributed by atoms with Crippen LogP contribution in [0.25, 0.3) is 0 Å². The van der Waals surface area contributed by atoms with Gasteiger partial charge in [-0.2, -0.15) is 0 Å². The predicted octanol–water partition coefficient (Wildman–Crippen LogP) is 4.45. The number of hydrogen-bond acceptors (Lipinski definition) is 4. The van der Waals surface area contributed by atoms with Gasteiger partial charge in [-0.3, -0.25) is 14.4 Å². The molecule has 0 atom stereocenters. The van der Waals surface area contributed by atoms with Crippen molar-refractivity contribution in [3.05, 3.63) is 81.0 Å². The number of nitrogens with one attached hydrogen (secondary N) is 1. The number of fused-ring (bicyclic) bond motifs is 1. The molecule has 0 saturated heterocycles. The number of carbonyl (C=O) groups is 3. The van der Waals surface area contributed by atoms with Gasteiger partial charge in [0, 0.05) is 0 Å². The number of anilines is 2. The number of halogens is 1. The molecule has 26 heavy (non-hydrogen) atoms. The Morgan fingerprint density at radius 3 is 2.27 bits per heavy atom. The minimum absolute atomic E-state index is 0.304. The number of hydrogen-bond donors (Lipinski definition) is 1. The standard InChI is InChI=1S/C19H11ClN2O3S/c20-14-8-7-11(10-15(14)21-17(23)16-6-3-9-26-16)22-18(24)12-4-1-2-5-13(12)19(22)25/h1-10H,(H,21,23). The zero-order valence-corrected chi connectivity index (χ0v) is 14.8. The molecule has 0 radical (unpaired) electrons. The van der Waals surface area contributed by atoms with Crippen LogP contribution in [0.5, 0.6) is 0 Å². The summed E-state index contributed by atoms with van der Waals surface area (Å²) >= 11 is 7.47. The fourth-order valence-electron chi connectivity index (χ4n) is 2.76. The molecular weight excluding hydrogens is 372 g/mol. The maximum atomic E-state index is 12.6.